The van der Waals surface area contributed by atoms with Crippen molar-refractivity contribution in [2.75, 3.05) is 32.9 Å². The molecular formula is C34H33NO7. The van der Waals surface area contributed by atoms with Crippen LogP contribution >= 0.6 is 0 Å². The molecule has 8 nitrogen and oxygen atoms in total. The highest BCUT2D eigenvalue weighted by Crippen LogP contribution is 2.40. The van der Waals surface area contributed by atoms with Crippen molar-refractivity contribution in [1.29, 1.82) is 0 Å². The van der Waals surface area contributed by atoms with Gasteiger partial charge in [0.2, 0.25) is 6.79 Å². The summed E-state index contributed by atoms with van der Waals surface area (Å²) in [6.45, 7) is 0.298. The van der Waals surface area contributed by atoms with E-state index in [1.807, 2.05) is 85.7 Å². The number of fused-ring (bicyclic) bond motifs is 1. The maximum atomic E-state index is 12.5. The zero-order valence-corrected chi connectivity index (χ0v) is 23.8. The normalized spacial score (nSPS) is 12.2. The molecule has 0 aromatic heterocycles. The lowest BCUT2D eigenvalue weighted by molar-refractivity contribution is -0.132. The summed E-state index contributed by atoms with van der Waals surface area (Å²) >= 11 is 0. The zero-order valence-electron chi connectivity index (χ0n) is 23.8. The summed E-state index contributed by atoms with van der Waals surface area (Å²) in [7, 11) is 5.46. The van der Waals surface area contributed by atoms with Crippen molar-refractivity contribution in [2.24, 2.45) is 0 Å². The highest BCUT2D eigenvalue weighted by molar-refractivity contribution is 5.95. The Hall–Kier alpha value is -4.95. The van der Waals surface area contributed by atoms with E-state index in [2.05, 4.69) is 0 Å². The van der Waals surface area contributed by atoms with Crippen molar-refractivity contribution in [3.8, 4) is 34.1 Å². The monoisotopic (exact) mass is 567 g/mol. The number of carboxylic acid groups (broad SMARTS) is 1. The van der Waals surface area contributed by atoms with Crippen molar-refractivity contribution in [3.63, 3.8) is 0 Å². The molecule has 42 heavy (non-hydrogen) atoms. The number of ether oxygens (including phenoxy) is 4. The van der Waals surface area contributed by atoms with Crippen LogP contribution in [0.5, 0.6) is 23.0 Å². The number of anilines is 1. The van der Waals surface area contributed by atoms with Gasteiger partial charge in [0.15, 0.2) is 11.5 Å². The van der Waals surface area contributed by atoms with Gasteiger partial charge in [0.25, 0.3) is 0 Å². The lowest BCUT2D eigenvalue weighted by atomic mass is 9.95. The number of methoxy groups -OCH3 is 1. The number of aliphatic hydroxyl groups is 1. The molecule has 1 heterocycles. The average Bonchev–Trinajstić information content (AvgIpc) is 3.46. The SMILES string of the molecule is COc1cc2c(cc1CC(=Cc1ccccc1-c1ccc(N(C)C)cc1OCc1ccccc1CO)C(=O)O)OCO2. The van der Waals surface area contributed by atoms with Gasteiger partial charge in [0, 0.05) is 55.0 Å². The molecule has 0 atom stereocenters. The number of hydrogen-bond acceptors (Lipinski definition) is 7. The Balaban J connectivity index is 1.54. The molecular weight excluding hydrogens is 534 g/mol. The molecule has 0 bridgehead atoms. The van der Waals surface area contributed by atoms with Gasteiger partial charge in [-0.25, -0.2) is 4.79 Å². The second-order valence-electron chi connectivity index (χ2n) is 10.0. The third-order valence-electron chi connectivity index (χ3n) is 7.17. The molecule has 5 rings (SSSR count). The first-order valence-electron chi connectivity index (χ1n) is 13.5. The Labute approximate surface area is 245 Å². The molecule has 0 saturated heterocycles. The molecule has 2 N–H and O–H groups in total. The van der Waals surface area contributed by atoms with Crippen LogP contribution in [0.2, 0.25) is 0 Å². The van der Waals surface area contributed by atoms with Crippen LogP contribution in [0, 0.1) is 0 Å². The van der Waals surface area contributed by atoms with E-state index in [4.69, 9.17) is 18.9 Å². The fourth-order valence-corrected chi connectivity index (χ4v) is 4.88. The molecule has 4 aromatic rings. The number of nitrogens with zero attached hydrogens (tertiary/aromatic N) is 1. The molecule has 0 radical (unpaired) electrons. The molecule has 4 aromatic carbocycles. The maximum Gasteiger partial charge on any atom is 0.331 e. The van der Waals surface area contributed by atoms with Crippen LogP contribution in [0.1, 0.15) is 22.3 Å². The highest BCUT2D eigenvalue weighted by Gasteiger charge is 2.21. The molecule has 0 unspecified atom stereocenters. The van der Waals surface area contributed by atoms with Gasteiger partial charge in [-0.2, -0.15) is 0 Å². The lowest BCUT2D eigenvalue weighted by Gasteiger charge is -2.19. The first-order valence-corrected chi connectivity index (χ1v) is 13.5. The van der Waals surface area contributed by atoms with E-state index in [0.29, 0.717) is 28.6 Å². The van der Waals surface area contributed by atoms with Crippen LogP contribution in [-0.4, -0.2) is 44.2 Å². The van der Waals surface area contributed by atoms with Gasteiger partial charge in [0.1, 0.15) is 18.1 Å². The Bertz CT molecular complexity index is 1630. The topological polar surface area (TPSA) is 97.7 Å². The Kier molecular flexibility index (Phi) is 8.64. The number of rotatable bonds is 11. The van der Waals surface area contributed by atoms with E-state index in [-0.39, 0.29) is 32.0 Å². The third-order valence-corrected chi connectivity index (χ3v) is 7.17. The fourth-order valence-electron chi connectivity index (χ4n) is 4.88. The van der Waals surface area contributed by atoms with Gasteiger partial charge >= 0.3 is 5.97 Å². The Morgan fingerprint density at radius 3 is 2.31 bits per heavy atom. The van der Waals surface area contributed by atoms with Crippen molar-refractivity contribution in [2.45, 2.75) is 19.6 Å². The van der Waals surface area contributed by atoms with E-state index >= 15 is 0 Å². The van der Waals surface area contributed by atoms with E-state index in [0.717, 1.165) is 33.5 Å². The molecule has 0 spiro atoms. The first-order chi connectivity index (χ1) is 20.4. The third kappa shape index (κ3) is 6.19. The maximum absolute atomic E-state index is 12.5. The van der Waals surface area contributed by atoms with Crippen molar-refractivity contribution in [1.82, 2.24) is 0 Å². The van der Waals surface area contributed by atoms with E-state index in [1.165, 1.54) is 0 Å². The number of carbonyl (C=O) groups is 1. The van der Waals surface area contributed by atoms with Crippen LogP contribution < -0.4 is 23.8 Å². The number of benzene rings is 4. The molecule has 0 saturated carbocycles. The minimum Gasteiger partial charge on any atom is -0.496 e. The molecule has 0 aliphatic carbocycles. The van der Waals surface area contributed by atoms with Crippen LogP contribution in [0.25, 0.3) is 17.2 Å². The molecule has 1 aliphatic rings. The lowest BCUT2D eigenvalue weighted by Crippen LogP contribution is -2.09. The largest absolute Gasteiger partial charge is 0.496 e. The average molecular weight is 568 g/mol. The molecule has 0 amide bonds. The van der Waals surface area contributed by atoms with Gasteiger partial charge in [0.05, 0.1) is 13.7 Å². The summed E-state index contributed by atoms with van der Waals surface area (Å²) in [6, 6.07) is 24.7. The van der Waals surface area contributed by atoms with Crippen LogP contribution in [0.3, 0.4) is 0 Å². The van der Waals surface area contributed by atoms with Crippen LogP contribution in [-0.2, 0) is 24.4 Å². The van der Waals surface area contributed by atoms with E-state index in [9.17, 15) is 15.0 Å². The van der Waals surface area contributed by atoms with Gasteiger partial charge in [-0.1, -0.05) is 48.5 Å². The van der Waals surface area contributed by atoms with Crippen molar-refractivity contribution < 1.29 is 34.0 Å². The molecule has 8 heteroatoms. The predicted molar refractivity (Wildman–Crippen MR) is 161 cm³/mol. The first kappa shape index (κ1) is 28.6. The molecule has 216 valence electrons. The fraction of sp³-hybridized carbons (Fsp3) is 0.206. The van der Waals surface area contributed by atoms with Gasteiger partial charge in [-0.05, 0) is 46.5 Å². The number of aliphatic hydroxyl groups excluding tert-OH is 1. The van der Waals surface area contributed by atoms with Crippen molar-refractivity contribution in [3.05, 3.63) is 107 Å². The standard InChI is InChI=1S/C34H33NO7/c1-35(2)27-12-13-29(31(17-27)40-20-24-10-5-4-9-23(24)19-36)28-11-7-6-8-22(28)14-26(34(37)38)15-25-16-32-33(42-21-41-32)18-30(25)39-3/h4-14,16-18,36H,15,19-21H2,1-3H3,(H,37,38). The summed E-state index contributed by atoms with van der Waals surface area (Å²) in [5, 5.41) is 20.0. The number of aliphatic carboxylic acids is 1. The summed E-state index contributed by atoms with van der Waals surface area (Å²) in [5.74, 6) is 1.25. The minimum atomic E-state index is -1.04. The predicted octanol–water partition coefficient (Wildman–Crippen LogP) is 5.94. The number of hydrogen-bond donors (Lipinski definition) is 2. The van der Waals surface area contributed by atoms with E-state index in [1.54, 1.807) is 25.3 Å². The smallest absolute Gasteiger partial charge is 0.331 e. The van der Waals surface area contributed by atoms with Crippen molar-refractivity contribution >= 4 is 17.7 Å². The Morgan fingerprint density at radius 2 is 1.60 bits per heavy atom. The molecule has 1 aliphatic heterocycles. The highest BCUT2D eigenvalue weighted by atomic mass is 16.7. The summed E-state index contributed by atoms with van der Waals surface area (Å²) in [6.07, 6.45) is 1.80. The van der Waals surface area contributed by atoms with Gasteiger partial charge in [-0.15, -0.1) is 0 Å². The summed E-state index contributed by atoms with van der Waals surface area (Å²) < 4.78 is 22.9. The quantitative estimate of drug-likeness (QED) is 0.215. The van der Waals surface area contributed by atoms with E-state index < -0.39 is 5.97 Å². The zero-order chi connectivity index (χ0) is 29.6. The Morgan fingerprint density at radius 1 is 0.881 bits per heavy atom. The summed E-state index contributed by atoms with van der Waals surface area (Å²) in [5.41, 5.74) is 5.88. The minimum absolute atomic E-state index is 0.0795. The number of carboxylic acids is 1. The molecule has 0 fully saturated rings. The van der Waals surface area contributed by atoms with Gasteiger partial charge in [-0.3, -0.25) is 0 Å². The second kappa shape index (κ2) is 12.7. The van der Waals surface area contributed by atoms with Crippen LogP contribution in [0.4, 0.5) is 5.69 Å². The van der Waals surface area contributed by atoms with Crippen LogP contribution in [0.15, 0.2) is 84.4 Å². The van der Waals surface area contributed by atoms with Gasteiger partial charge < -0.3 is 34.1 Å². The second-order valence-corrected chi connectivity index (χ2v) is 10.0. The summed E-state index contributed by atoms with van der Waals surface area (Å²) in [4.78, 5) is 14.5.